The van der Waals surface area contributed by atoms with E-state index in [9.17, 15) is 0 Å². The van der Waals surface area contributed by atoms with E-state index in [2.05, 4.69) is 171 Å². The SMILES string of the molecule is CC(C)c1cc(-c2ccccn2)cc(C(C)C)c1N1CN(c2cccc(Oc3ccc4c5ccccc5n(-c5cc(C(C)(C)C)ccn5)c4c3)c2)c2ccncc21. The lowest BCUT2D eigenvalue weighted by molar-refractivity contribution is 0.483. The average molecular weight is 749 g/mol. The molecule has 8 aromatic rings. The van der Waals surface area contributed by atoms with Crippen molar-refractivity contribution in [3.63, 3.8) is 0 Å². The maximum Gasteiger partial charge on any atom is 0.137 e. The zero-order chi connectivity index (χ0) is 39.4. The zero-order valence-electron chi connectivity index (χ0n) is 33.7. The van der Waals surface area contributed by atoms with Gasteiger partial charge in [-0.2, -0.15) is 0 Å². The van der Waals surface area contributed by atoms with Crippen LogP contribution < -0.4 is 14.5 Å². The molecule has 0 saturated heterocycles. The van der Waals surface area contributed by atoms with Crippen molar-refractivity contribution >= 4 is 44.6 Å². The van der Waals surface area contributed by atoms with Crippen LogP contribution >= 0.6 is 0 Å². The van der Waals surface area contributed by atoms with Crippen LogP contribution in [0.2, 0.25) is 0 Å². The third kappa shape index (κ3) is 6.57. The number of hydrogen-bond acceptors (Lipinski definition) is 6. The molecule has 1 aliphatic rings. The lowest BCUT2D eigenvalue weighted by Crippen LogP contribution is -2.26. The zero-order valence-corrected chi connectivity index (χ0v) is 33.7. The second-order valence-corrected chi connectivity index (χ2v) is 16.7. The Labute approximate surface area is 335 Å². The van der Waals surface area contributed by atoms with E-state index in [0.717, 1.165) is 62.1 Å². The van der Waals surface area contributed by atoms with Crippen LogP contribution in [0.1, 0.15) is 77.0 Å². The molecule has 0 radical (unpaired) electrons. The topological polar surface area (TPSA) is 59.3 Å². The smallest absolute Gasteiger partial charge is 0.137 e. The molecule has 0 aliphatic carbocycles. The second kappa shape index (κ2) is 14.2. The number of ether oxygens (including phenoxy) is 1. The van der Waals surface area contributed by atoms with Gasteiger partial charge >= 0.3 is 0 Å². The van der Waals surface area contributed by atoms with Crippen molar-refractivity contribution in [2.75, 3.05) is 16.5 Å². The summed E-state index contributed by atoms with van der Waals surface area (Å²) in [4.78, 5) is 19.0. The predicted molar refractivity (Wildman–Crippen MR) is 235 cm³/mol. The Morgan fingerprint density at radius 3 is 2.12 bits per heavy atom. The van der Waals surface area contributed by atoms with E-state index in [4.69, 9.17) is 14.7 Å². The third-order valence-corrected chi connectivity index (χ3v) is 11.1. The number of pyridine rings is 3. The van der Waals surface area contributed by atoms with Crippen molar-refractivity contribution in [2.45, 2.75) is 65.7 Å². The van der Waals surface area contributed by atoms with E-state index in [1.165, 1.54) is 27.8 Å². The van der Waals surface area contributed by atoms with Crippen molar-refractivity contribution in [1.82, 2.24) is 19.5 Å². The summed E-state index contributed by atoms with van der Waals surface area (Å²) >= 11 is 0. The molecule has 0 fully saturated rings. The molecular weight excluding hydrogens is 701 g/mol. The highest BCUT2D eigenvalue weighted by Crippen LogP contribution is 2.49. The molecule has 1 aliphatic heterocycles. The van der Waals surface area contributed by atoms with Crippen molar-refractivity contribution in [2.24, 2.45) is 0 Å². The first-order chi connectivity index (χ1) is 27.5. The molecule has 4 aromatic heterocycles. The van der Waals surface area contributed by atoms with Gasteiger partial charge in [-0.25, -0.2) is 4.98 Å². The first-order valence-electron chi connectivity index (χ1n) is 19.9. The minimum atomic E-state index is -0.00270. The Bertz CT molecular complexity index is 2730. The number of fused-ring (bicyclic) bond motifs is 4. The first-order valence-corrected chi connectivity index (χ1v) is 19.9. The van der Waals surface area contributed by atoms with Gasteiger partial charge in [0.25, 0.3) is 0 Å². The van der Waals surface area contributed by atoms with Crippen molar-refractivity contribution < 1.29 is 4.74 Å². The Morgan fingerprint density at radius 2 is 1.37 bits per heavy atom. The van der Waals surface area contributed by atoms with Gasteiger partial charge in [-0.15, -0.1) is 0 Å². The van der Waals surface area contributed by atoms with E-state index in [0.29, 0.717) is 18.5 Å². The molecule has 5 heterocycles. The van der Waals surface area contributed by atoms with Gasteiger partial charge in [0.1, 0.15) is 24.0 Å². The van der Waals surface area contributed by atoms with Crippen molar-refractivity contribution in [3.05, 3.63) is 157 Å². The van der Waals surface area contributed by atoms with E-state index in [1.54, 1.807) is 0 Å². The highest BCUT2D eigenvalue weighted by atomic mass is 16.5. The van der Waals surface area contributed by atoms with Crippen LogP contribution in [0.4, 0.5) is 22.7 Å². The van der Waals surface area contributed by atoms with Gasteiger partial charge in [0.05, 0.1) is 34.3 Å². The number of aromatic nitrogens is 4. The molecule has 0 unspecified atom stereocenters. The summed E-state index contributed by atoms with van der Waals surface area (Å²) in [5.74, 6) is 3.01. The highest BCUT2D eigenvalue weighted by molar-refractivity contribution is 6.09. The van der Waals surface area contributed by atoms with Gasteiger partial charge in [0.2, 0.25) is 0 Å². The molecule has 0 N–H and O–H groups in total. The Hall–Kier alpha value is -6.47. The van der Waals surface area contributed by atoms with Gasteiger partial charge in [-0.1, -0.05) is 78.8 Å². The number of nitrogens with zero attached hydrogens (tertiary/aromatic N) is 6. The number of para-hydroxylation sites is 1. The number of benzene rings is 4. The lowest BCUT2D eigenvalue weighted by atomic mass is 9.88. The fraction of sp³-hybridized carbons (Fsp3) is 0.220. The van der Waals surface area contributed by atoms with E-state index < -0.39 is 0 Å². The number of rotatable bonds is 8. The monoisotopic (exact) mass is 748 g/mol. The summed E-state index contributed by atoms with van der Waals surface area (Å²) in [6.45, 7) is 16.5. The Kier molecular flexibility index (Phi) is 9.04. The van der Waals surface area contributed by atoms with E-state index in [1.807, 2.05) is 36.9 Å². The van der Waals surface area contributed by atoms with Crippen LogP contribution in [0.5, 0.6) is 11.5 Å². The summed E-state index contributed by atoms with van der Waals surface area (Å²) in [6.07, 6.45) is 7.67. The van der Waals surface area contributed by atoms with Crippen LogP contribution in [0.3, 0.4) is 0 Å². The third-order valence-electron chi connectivity index (χ3n) is 11.1. The summed E-state index contributed by atoms with van der Waals surface area (Å²) in [7, 11) is 0. The molecule has 4 aromatic carbocycles. The predicted octanol–water partition coefficient (Wildman–Crippen LogP) is 13.2. The van der Waals surface area contributed by atoms with Crippen molar-refractivity contribution in [1.29, 1.82) is 0 Å². The van der Waals surface area contributed by atoms with Crippen LogP contribution in [-0.2, 0) is 5.41 Å². The summed E-state index contributed by atoms with van der Waals surface area (Å²) < 4.78 is 8.97. The quantitative estimate of drug-likeness (QED) is 0.154. The molecule has 0 bridgehead atoms. The van der Waals surface area contributed by atoms with Crippen LogP contribution in [-0.4, -0.2) is 26.2 Å². The largest absolute Gasteiger partial charge is 0.457 e. The average Bonchev–Trinajstić information content (AvgIpc) is 3.76. The van der Waals surface area contributed by atoms with Gasteiger partial charge in [-0.3, -0.25) is 14.5 Å². The second-order valence-electron chi connectivity index (χ2n) is 16.7. The molecule has 7 nitrogen and oxygen atoms in total. The van der Waals surface area contributed by atoms with Gasteiger partial charge in [0.15, 0.2) is 0 Å². The minimum absolute atomic E-state index is 0.00270. The molecule has 0 spiro atoms. The first kappa shape index (κ1) is 36.2. The number of anilines is 4. The molecule has 9 rings (SSSR count). The van der Waals surface area contributed by atoms with Crippen LogP contribution in [0.15, 0.2) is 140 Å². The molecule has 57 heavy (non-hydrogen) atoms. The molecule has 284 valence electrons. The maximum absolute atomic E-state index is 6.72. The molecule has 0 amide bonds. The summed E-state index contributed by atoms with van der Waals surface area (Å²) in [5.41, 5.74) is 12.6. The minimum Gasteiger partial charge on any atom is -0.457 e. The normalized spacial score (nSPS) is 13.0. The standard InChI is InChI=1S/C50H48N6O/c1-32(2)41-25-34(43-16-10-11-22-52-43)26-42(33(3)4)49(41)55-31-54(45-21-23-51-30-47(45)55)36-13-12-14-37(28-36)57-38-18-19-40-39-15-8-9-17-44(39)56(46(40)29-38)48-27-35(20-24-53-48)50(5,6)7/h8-30,32-33H,31H2,1-7H3. The molecule has 7 heteroatoms. The molecular formula is C50H48N6O. The summed E-state index contributed by atoms with van der Waals surface area (Å²) in [5, 5.41) is 2.34. The fourth-order valence-corrected chi connectivity index (χ4v) is 8.19. The number of hydrogen-bond donors (Lipinski definition) is 0. The van der Waals surface area contributed by atoms with E-state index in [-0.39, 0.29) is 5.41 Å². The summed E-state index contributed by atoms with van der Waals surface area (Å²) in [6, 6.07) is 40.5. The van der Waals surface area contributed by atoms with Crippen LogP contribution in [0, 0.1) is 0 Å². The highest BCUT2D eigenvalue weighted by Gasteiger charge is 2.32. The lowest BCUT2D eigenvalue weighted by Gasteiger charge is -2.30. The van der Waals surface area contributed by atoms with Gasteiger partial charge in [-0.05, 0) is 107 Å². The Morgan fingerprint density at radius 1 is 0.614 bits per heavy atom. The molecule has 0 saturated carbocycles. The van der Waals surface area contributed by atoms with E-state index >= 15 is 0 Å². The van der Waals surface area contributed by atoms with Crippen LogP contribution in [0.25, 0.3) is 38.9 Å². The van der Waals surface area contributed by atoms with Crippen molar-refractivity contribution in [3.8, 4) is 28.6 Å². The van der Waals surface area contributed by atoms with Gasteiger partial charge in [0, 0.05) is 58.4 Å². The molecule has 0 atom stereocenters. The maximum atomic E-state index is 6.72. The fourth-order valence-electron chi connectivity index (χ4n) is 8.19. The Balaban J connectivity index is 1.09. The van der Waals surface area contributed by atoms with Gasteiger partial charge < -0.3 is 14.5 Å².